The van der Waals surface area contributed by atoms with Crippen molar-refractivity contribution < 1.29 is 9.53 Å². The van der Waals surface area contributed by atoms with Gasteiger partial charge in [-0.2, -0.15) is 0 Å². The highest BCUT2D eigenvalue weighted by Crippen LogP contribution is 2.11. The number of ether oxygens (including phenoxy) is 1. The topological polar surface area (TPSA) is 38.3 Å². The largest absolute Gasteiger partial charge is 0.465 e. The number of esters is 1. The van der Waals surface area contributed by atoms with Crippen molar-refractivity contribution in [1.29, 1.82) is 0 Å². The summed E-state index contributed by atoms with van der Waals surface area (Å²) in [4.78, 5) is 11.1. The summed E-state index contributed by atoms with van der Waals surface area (Å²) in [6.07, 6.45) is 16.0. The summed E-state index contributed by atoms with van der Waals surface area (Å²) >= 11 is 0. The molecule has 0 aromatic rings. The third-order valence-corrected chi connectivity index (χ3v) is 3.58. The van der Waals surface area contributed by atoms with Crippen molar-refractivity contribution in [2.45, 2.75) is 84.0 Å². The van der Waals surface area contributed by atoms with Crippen LogP contribution >= 0.6 is 0 Å². The summed E-state index contributed by atoms with van der Waals surface area (Å²) in [5.74, 6) is -0.143. The molecule has 0 spiro atoms. The minimum absolute atomic E-state index is 0.143. The lowest BCUT2D eigenvalue weighted by Gasteiger charge is -2.04. The molecule has 0 saturated carbocycles. The van der Waals surface area contributed by atoms with Crippen LogP contribution in [0.2, 0.25) is 0 Å². The number of likely N-dealkylation sites (N-methyl/N-ethyl adjacent to an activating group) is 1. The molecule has 0 fully saturated rings. The molecule has 0 amide bonds. The molecular formula is C17H35NO2. The van der Waals surface area contributed by atoms with Gasteiger partial charge in [0.1, 0.15) is 0 Å². The zero-order valence-electron chi connectivity index (χ0n) is 13.7. The van der Waals surface area contributed by atoms with E-state index in [1.54, 1.807) is 7.05 Å². The molecule has 0 heterocycles. The smallest absolute Gasteiger partial charge is 0.319 e. The molecule has 20 heavy (non-hydrogen) atoms. The Bertz CT molecular complexity index is 207. The van der Waals surface area contributed by atoms with Gasteiger partial charge in [-0.25, -0.2) is 0 Å². The predicted octanol–water partition coefficient (Wildman–Crippen LogP) is 4.45. The van der Waals surface area contributed by atoms with E-state index in [0.29, 0.717) is 13.2 Å². The Morgan fingerprint density at radius 2 is 1.25 bits per heavy atom. The molecule has 0 aliphatic rings. The van der Waals surface area contributed by atoms with Gasteiger partial charge < -0.3 is 10.1 Å². The molecule has 3 nitrogen and oxygen atoms in total. The average Bonchev–Trinajstić information content (AvgIpc) is 2.44. The van der Waals surface area contributed by atoms with Crippen molar-refractivity contribution >= 4 is 5.97 Å². The molecule has 0 rings (SSSR count). The van der Waals surface area contributed by atoms with Gasteiger partial charge in [-0.15, -0.1) is 0 Å². The number of hydrogen-bond acceptors (Lipinski definition) is 3. The second-order valence-electron chi connectivity index (χ2n) is 5.64. The van der Waals surface area contributed by atoms with Crippen molar-refractivity contribution in [2.24, 2.45) is 0 Å². The molecule has 3 heteroatoms. The van der Waals surface area contributed by atoms with Crippen LogP contribution in [0.15, 0.2) is 0 Å². The molecule has 120 valence electrons. The summed E-state index contributed by atoms with van der Waals surface area (Å²) in [5.41, 5.74) is 0. The van der Waals surface area contributed by atoms with E-state index in [9.17, 15) is 4.79 Å². The Morgan fingerprint density at radius 3 is 1.70 bits per heavy atom. The fourth-order valence-corrected chi connectivity index (χ4v) is 2.32. The molecule has 0 saturated heterocycles. The predicted molar refractivity (Wildman–Crippen MR) is 86.0 cm³/mol. The van der Waals surface area contributed by atoms with E-state index in [-0.39, 0.29) is 5.97 Å². The maximum atomic E-state index is 11.1. The van der Waals surface area contributed by atoms with Crippen LogP contribution < -0.4 is 5.32 Å². The molecule has 0 aliphatic heterocycles. The summed E-state index contributed by atoms with van der Waals surface area (Å²) in [5, 5.41) is 2.79. The van der Waals surface area contributed by atoms with E-state index in [2.05, 4.69) is 12.2 Å². The molecule has 0 aliphatic carbocycles. The van der Waals surface area contributed by atoms with Gasteiger partial charge in [-0.1, -0.05) is 77.6 Å². The highest BCUT2D eigenvalue weighted by atomic mass is 16.5. The molecule has 1 N–H and O–H groups in total. The maximum Gasteiger partial charge on any atom is 0.319 e. The first kappa shape index (κ1) is 19.4. The summed E-state index contributed by atoms with van der Waals surface area (Å²) in [6.45, 7) is 3.16. The van der Waals surface area contributed by atoms with E-state index < -0.39 is 0 Å². The lowest BCUT2D eigenvalue weighted by molar-refractivity contribution is -0.142. The summed E-state index contributed by atoms with van der Waals surface area (Å²) in [7, 11) is 1.76. The molecule has 0 unspecified atom stereocenters. The monoisotopic (exact) mass is 285 g/mol. The first-order chi connectivity index (χ1) is 9.81. The van der Waals surface area contributed by atoms with Crippen LogP contribution in [0.5, 0.6) is 0 Å². The van der Waals surface area contributed by atoms with Gasteiger partial charge in [0.2, 0.25) is 0 Å². The van der Waals surface area contributed by atoms with Crippen LogP contribution in [-0.4, -0.2) is 26.2 Å². The fourth-order valence-electron chi connectivity index (χ4n) is 2.32. The highest BCUT2D eigenvalue weighted by Gasteiger charge is 1.99. The maximum absolute atomic E-state index is 11.1. The Kier molecular flexibility index (Phi) is 16.0. The van der Waals surface area contributed by atoms with Crippen LogP contribution in [0, 0.1) is 0 Å². The van der Waals surface area contributed by atoms with Gasteiger partial charge in [-0.3, -0.25) is 4.79 Å². The highest BCUT2D eigenvalue weighted by molar-refractivity contribution is 5.71. The van der Waals surface area contributed by atoms with Gasteiger partial charge >= 0.3 is 5.97 Å². The third kappa shape index (κ3) is 15.5. The standard InChI is InChI=1S/C17H35NO2/c1-3-4-5-6-7-8-9-10-11-12-13-14-15-20-17(19)16-18-2/h18H,3-16H2,1-2H3. The Balaban J connectivity index is 3.01. The van der Waals surface area contributed by atoms with Crippen molar-refractivity contribution in [3.8, 4) is 0 Å². The van der Waals surface area contributed by atoms with Crippen molar-refractivity contribution in [2.75, 3.05) is 20.2 Å². The van der Waals surface area contributed by atoms with Crippen LogP contribution in [0.1, 0.15) is 84.0 Å². The number of unbranched alkanes of at least 4 members (excludes halogenated alkanes) is 11. The van der Waals surface area contributed by atoms with Gasteiger partial charge in [0, 0.05) is 0 Å². The van der Waals surface area contributed by atoms with Crippen molar-refractivity contribution in [3.63, 3.8) is 0 Å². The van der Waals surface area contributed by atoms with Crippen LogP contribution in [0.25, 0.3) is 0 Å². The normalized spacial score (nSPS) is 10.7. The molecule has 0 aromatic carbocycles. The number of carbonyl (C=O) groups is 1. The number of carbonyl (C=O) groups excluding carboxylic acids is 1. The molecule has 0 bridgehead atoms. The summed E-state index contributed by atoms with van der Waals surface area (Å²) < 4.78 is 5.07. The van der Waals surface area contributed by atoms with Crippen LogP contribution in [-0.2, 0) is 9.53 Å². The fraction of sp³-hybridized carbons (Fsp3) is 0.941. The zero-order valence-corrected chi connectivity index (χ0v) is 13.7. The Hall–Kier alpha value is -0.570. The van der Waals surface area contributed by atoms with Gasteiger partial charge in [0.15, 0.2) is 0 Å². The van der Waals surface area contributed by atoms with E-state index in [0.717, 1.165) is 6.42 Å². The Labute approximate surface area is 125 Å². The first-order valence-corrected chi connectivity index (χ1v) is 8.61. The SMILES string of the molecule is CCCCCCCCCCCCCCOC(=O)CNC. The molecular weight excluding hydrogens is 250 g/mol. The van der Waals surface area contributed by atoms with E-state index >= 15 is 0 Å². The quantitative estimate of drug-likeness (QED) is 0.357. The summed E-state index contributed by atoms with van der Waals surface area (Å²) in [6, 6.07) is 0. The molecule has 0 aromatic heterocycles. The van der Waals surface area contributed by atoms with Crippen LogP contribution in [0.4, 0.5) is 0 Å². The second kappa shape index (κ2) is 16.5. The van der Waals surface area contributed by atoms with E-state index in [4.69, 9.17) is 4.74 Å². The van der Waals surface area contributed by atoms with E-state index in [1.165, 1.54) is 70.6 Å². The second-order valence-corrected chi connectivity index (χ2v) is 5.64. The lowest BCUT2D eigenvalue weighted by atomic mass is 10.1. The average molecular weight is 285 g/mol. The lowest BCUT2D eigenvalue weighted by Crippen LogP contribution is -2.21. The third-order valence-electron chi connectivity index (χ3n) is 3.58. The first-order valence-electron chi connectivity index (χ1n) is 8.61. The minimum Gasteiger partial charge on any atom is -0.465 e. The van der Waals surface area contributed by atoms with Gasteiger partial charge in [-0.05, 0) is 13.5 Å². The number of nitrogens with one attached hydrogen (secondary N) is 1. The van der Waals surface area contributed by atoms with E-state index in [1.807, 2.05) is 0 Å². The Morgan fingerprint density at radius 1 is 0.800 bits per heavy atom. The zero-order chi connectivity index (χ0) is 14.9. The van der Waals surface area contributed by atoms with Gasteiger partial charge in [0.25, 0.3) is 0 Å². The molecule has 0 atom stereocenters. The van der Waals surface area contributed by atoms with Crippen LogP contribution in [0.3, 0.4) is 0 Å². The molecule has 0 radical (unpaired) electrons. The minimum atomic E-state index is -0.143. The number of hydrogen-bond donors (Lipinski definition) is 1. The van der Waals surface area contributed by atoms with Gasteiger partial charge in [0.05, 0.1) is 13.2 Å². The van der Waals surface area contributed by atoms with Crippen molar-refractivity contribution in [1.82, 2.24) is 5.32 Å². The van der Waals surface area contributed by atoms with Crippen molar-refractivity contribution in [3.05, 3.63) is 0 Å². The number of rotatable bonds is 15.